The normalized spacial score (nSPS) is 10.1. The number of nitro benzene ring substituents is 1. The Bertz CT molecular complexity index is 498. The molecule has 1 aromatic carbocycles. The molecule has 0 aliphatic rings. The molecule has 1 rings (SSSR count). The highest BCUT2D eigenvalue weighted by molar-refractivity contribution is 5.81. The molecule has 0 atom stereocenters. The summed E-state index contributed by atoms with van der Waals surface area (Å²) >= 11 is 0. The Hall–Kier alpha value is -2.24. The number of rotatable bonds is 8. The van der Waals surface area contributed by atoms with E-state index in [0.29, 0.717) is 24.8 Å². The fourth-order valence-corrected chi connectivity index (χ4v) is 1.83. The van der Waals surface area contributed by atoms with Crippen LogP contribution < -0.4 is 0 Å². The molecule has 0 saturated heterocycles. The fraction of sp³-hybridized carbons (Fsp3) is 0.429. The molecule has 0 aliphatic carbocycles. The summed E-state index contributed by atoms with van der Waals surface area (Å²) in [6, 6.07) is 6.22. The number of nitrogens with zero attached hydrogens (tertiary/aromatic N) is 1. The molecule has 0 unspecified atom stereocenters. The summed E-state index contributed by atoms with van der Waals surface area (Å²) < 4.78 is 4.50. The minimum Gasteiger partial charge on any atom is -0.469 e. The Kier molecular flexibility index (Phi) is 6.36. The van der Waals surface area contributed by atoms with Gasteiger partial charge in [-0.15, -0.1) is 0 Å². The van der Waals surface area contributed by atoms with Gasteiger partial charge in [0.05, 0.1) is 12.0 Å². The van der Waals surface area contributed by atoms with Crippen molar-refractivity contribution in [1.29, 1.82) is 0 Å². The monoisotopic (exact) mass is 279 g/mol. The van der Waals surface area contributed by atoms with Crippen LogP contribution in [-0.2, 0) is 20.7 Å². The number of benzene rings is 1. The third-order valence-electron chi connectivity index (χ3n) is 2.89. The lowest BCUT2D eigenvalue weighted by atomic mass is 10.0. The van der Waals surface area contributed by atoms with Gasteiger partial charge >= 0.3 is 5.97 Å². The Morgan fingerprint density at radius 3 is 2.50 bits per heavy atom. The molecule has 0 heterocycles. The molecule has 0 N–H and O–H groups in total. The summed E-state index contributed by atoms with van der Waals surface area (Å²) in [5.74, 6) is -0.361. The van der Waals surface area contributed by atoms with Crippen molar-refractivity contribution in [2.24, 2.45) is 0 Å². The van der Waals surface area contributed by atoms with Crippen LogP contribution in [0.4, 0.5) is 5.69 Å². The number of ketones is 1. The summed E-state index contributed by atoms with van der Waals surface area (Å²) in [5, 5.41) is 10.8. The maximum Gasteiger partial charge on any atom is 0.305 e. The van der Waals surface area contributed by atoms with Crippen molar-refractivity contribution >= 4 is 17.4 Å². The average Bonchev–Trinajstić information content (AvgIpc) is 2.43. The molecule has 0 saturated carbocycles. The maximum atomic E-state index is 11.8. The van der Waals surface area contributed by atoms with E-state index < -0.39 is 4.92 Å². The van der Waals surface area contributed by atoms with E-state index in [2.05, 4.69) is 4.74 Å². The smallest absolute Gasteiger partial charge is 0.305 e. The van der Waals surface area contributed by atoms with Crippen molar-refractivity contribution in [3.63, 3.8) is 0 Å². The molecular weight excluding hydrogens is 262 g/mol. The predicted octanol–water partition coefficient (Wildman–Crippen LogP) is 2.44. The van der Waals surface area contributed by atoms with Crippen LogP contribution >= 0.6 is 0 Å². The van der Waals surface area contributed by atoms with Crippen molar-refractivity contribution in [3.8, 4) is 0 Å². The Labute approximate surface area is 116 Å². The zero-order valence-corrected chi connectivity index (χ0v) is 11.3. The molecule has 1 aromatic rings. The fourth-order valence-electron chi connectivity index (χ4n) is 1.83. The van der Waals surface area contributed by atoms with Crippen molar-refractivity contribution in [2.45, 2.75) is 32.1 Å². The molecule has 0 aromatic heterocycles. The number of carbonyl (C=O) groups is 2. The van der Waals surface area contributed by atoms with Gasteiger partial charge in [0, 0.05) is 30.9 Å². The number of hydrogen-bond acceptors (Lipinski definition) is 5. The predicted molar refractivity (Wildman–Crippen MR) is 72.3 cm³/mol. The summed E-state index contributed by atoms with van der Waals surface area (Å²) in [5.41, 5.74) is 0.394. The molecule has 6 nitrogen and oxygen atoms in total. The lowest BCUT2D eigenvalue weighted by Crippen LogP contribution is -2.06. The van der Waals surface area contributed by atoms with Crippen LogP contribution in [0.3, 0.4) is 0 Å². The molecule has 0 amide bonds. The second-order valence-corrected chi connectivity index (χ2v) is 4.38. The number of para-hydroxylation sites is 1. The van der Waals surface area contributed by atoms with Crippen LogP contribution in [0, 0.1) is 10.1 Å². The van der Waals surface area contributed by atoms with Crippen molar-refractivity contribution in [1.82, 2.24) is 0 Å². The van der Waals surface area contributed by atoms with Crippen LogP contribution in [0.5, 0.6) is 0 Å². The number of methoxy groups -OCH3 is 1. The van der Waals surface area contributed by atoms with Crippen LogP contribution in [0.2, 0.25) is 0 Å². The summed E-state index contributed by atoms with van der Waals surface area (Å²) in [4.78, 5) is 33.0. The minimum atomic E-state index is -0.486. The van der Waals surface area contributed by atoms with Gasteiger partial charge in [0.1, 0.15) is 5.78 Å². The summed E-state index contributed by atoms with van der Waals surface area (Å²) in [7, 11) is 1.32. The quantitative estimate of drug-likeness (QED) is 0.316. The standard InChI is InChI=1S/C14H17NO5/c1-20-14(17)9-5-3-7-12(16)10-11-6-2-4-8-13(11)15(18)19/h2,4,6,8H,3,5,7,9-10H2,1H3. The number of carbonyl (C=O) groups excluding carboxylic acids is 2. The molecule has 0 fully saturated rings. The zero-order chi connectivity index (χ0) is 15.0. The van der Waals surface area contributed by atoms with Crippen molar-refractivity contribution < 1.29 is 19.2 Å². The van der Waals surface area contributed by atoms with Gasteiger partial charge in [0.25, 0.3) is 5.69 Å². The van der Waals surface area contributed by atoms with E-state index in [-0.39, 0.29) is 30.3 Å². The average molecular weight is 279 g/mol. The molecular formula is C14H17NO5. The highest BCUT2D eigenvalue weighted by Gasteiger charge is 2.15. The number of nitro groups is 1. The first kappa shape index (κ1) is 15.8. The maximum absolute atomic E-state index is 11.8. The van der Waals surface area contributed by atoms with Gasteiger partial charge in [-0.05, 0) is 12.8 Å². The molecule has 6 heteroatoms. The SMILES string of the molecule is COC(=O)CCCCC(=O)Cc1ccccc1[N+](=O)[O-]. The van der Waals surface area contributed by atoms with Crippen LogP contribution in [0.25, 0.3) is 0 Å². The van der Waals surface area contributed by atoms with Gasteiger partial charge < -0.3 is 4.74 Å². The number of ether oxygens (including phenoxy) is 1. The third-order valence-corrected chi connectivity index (χ3v) is 2.89. The van der Waals surface area contributed by atoms with Gasteiger partial charge in [-0.1, -0.05) is 18.2 Å². The van der Waals surface area contributed by atoms with Gasteiger partial charge in [-0.25, -0.2) is 0 Å². The molecule has 20 heavy (non-hydrogen) atoms. The second-order valence-electron chi connectivity index (χ2n) is 4.38. The summed E-state index contributed by atoms with van der Waals surface area (Å²) in [6.07, 6.45) is 1.80. The van der Waals surface area contributed by atoms with Crippen LogP contribution in [0.15, 0.2) is 24.3 Å². The first-order chi connectivity index (χ1) is 9.54. The molecule has 0 bridgehead atoms. The molecule has 0 aliphatic heterocycles. The van der Waals surface area contributed by atoms with Gasteiger partial charge in [0.2, 0.25) is 0 Å². The van der Waals surface area contributed by atoms with Crippen molar-refractivity contribution in [2.75, 3.05) is 7.11 Å². The van der Waals surface area contributed by atoms with Crippen LogP contribution in [-0.4, -0.2) is 23.8 Å². The second kappa shape index (κ2) is 8.04. The minimum absolute atomic E-state index is 0.0320. The largest absolute Gasteiger partial charge is 0.469 e. The Morgan fingerprint density at radius 1 is 1.20 bits per heavy atom. The highest BCUT2D eigenvalue weighted by Crippen LogP contribution is 2.19. The first-order valence-electron chi connectivity index (χ1n) is 6.35. The van der Waals surface area contributed by atoms with E-state index in [9.17, 15) is 19.7 Å². The first-order valence-corrected chi connectivity index (χ1v) is 6.35. The van der Waals surface area contributed by atoms with E-state index in [1.807, 2.05) is 0 Å². The van der Waals surface area contributed by atoms with E-state index >= 15 is 0 Å². The molecule has 0 radical (unpaired) electrons. The lowest BCUT2D eigenvalue weighted by molar-refractivity contribution is -0.385. The van der Waals surface area contributed by atoms with Crippen molar-refractivity contribution in [3.05, 3.63) is 39.9 Å². The van der Waals surface area contributed by atoms with E-state index in [1.165, 1.54) is 13.2 Å². The number of esters is 1. The number of hydrogen-bond donors (Lipinski definition) is 0. The molecule has 0 spiro atoms. The van der Waals surface area contributed by atoms with E-state index in [0.717, 1.165) is 0 Å². The number of unbranched alkanes of at least 4 members (excludes halogenated alkanes) is 1. The summed E-state index contributed by atoms with van der Waals surface area (Å²) in [6.45, 7) is 0. The highest BCUT2D eigenvalue weighted by atomic mass is 16.6. The Morgan fingerprint density at radius 2 is 1.85 bits per heavy atom. The lowest BCUT2D eigenvalue weighted by Gasteiger charge is -2.03. The van der Waals surface area contributed by atoms with Gasteiger partial charge in [0.15, 0.2) is 0 Å². The number of Topliss-reactive ketones (excluding diaryl/α,β-unsaturated/α-hetero) is 1. The van der Waals surface area contributed by atoms with Gasteiger partial charge in [-0.3, -0.25) is 19.7 Å². The zero-order valence-electron chi connectivity index (χ0n) is 11.3. The van der Waals surface area contributed by atoms with E-state index in [4.69, 9.17) is 0 Å². The Balaban J connectivity index is 2.43. The van der Waals surface area contributed by atoms with E-state index in [1.54, 1.807) is 18.2 Å². The third kappa shape index (κ3) is 5.17. The topological polar surface area (TPSA) is 86.5 Å². The molecule has 108 valence electrons. The van der Waals surface area contributed by atoms with Crippen LogP contribution in [0.1, 0.15) is 31.2 Å². The van der Waals surface area contributed by atoms with Gasteiger partial charge in [-0.2, -0.15) is 0 Å².